The Labute approximate surface area is 133 Å². The van der Waals surface area contributed by atoms with Crippen molar-refractivity contribution in [3.8, 4) is 0 Å². The summed E-state index contributed by atoms with van der Waals surface area (Å²) < 4.78 is 0. The average molecular weight is 310 g/mol. The molecule has 0 spiro atoms. The van der Waals surface area contributed by atoms with E-state index in [0.717, 1.165) is 12.1 Å². The average Bonchev–Trinajstić information content (AvgIpc) is 3.14. The lowest BCUT2D eigenvalue weighted by atomic mass is 9.78. The number of benzene rings is 1. The second-order valence-corrected chi connectivity index (χ2v) is 7.38. The van der Waals surface area contributed by atoms with Crippen molar-refractivity contribution in [2.45, 2.75) is 25.3 Å². The molecule has 2 aromatic rings. The molecule has 3 N–H and O–H groups in total. The smallest absolute Gasteiger partial charge is 0.250 e. The third-order valence-electron chi connectivity index (χ3n) is 4.73. The molecule has 2 heterocycles. The summed E-state index contributed by atoms with van der Waals surface area (Å²) in [6.07, 6.45) is 5.61. The lowest BCUT2D eigenvalue weighted by Gasteiger charge is -2.37. The summed E-state index contributed by atoms with van der Waals surface area (Å²) in [6, 6.07) is 10.5. The largest absolute Gasteiger partial charge is 0.376 e. The van der Waals surface area contributed by atoms with E-state index < -0.39 is 0 Å². The maximum atomic E-state index is 11.8. The second kappa shape index (κ2) is 4.99. The van der Waals surface area contributed by atoms with Gasteiger partial charge in [-0.25, -0.2) is 0 Å². The van der Waals surface area contributed by atoms with Crippen molar-refractivity contribution in [3.05, 3.63) is 63.4 Å². The Morgan fingerprint density at radius 1 is 1.32 bits per heavy atom. The summed E-state index contributed by atoms with van der Waals surface area (Å²) >= 11 is 1.83. The Morgan fingerprint density at radius 2 is 2.18 bits per heavy atom. The number of amides is 1. The highest BCUT2D eigenvalue weighted by Crippen LogP contribution is 2.51. The third kappa shape index (κ3) is 1.98. The molecule has 0 radical (unpaired) electrons. The van der Waals surface area contributed by atoms with Crippen LogP contribution in [0.5, 0.6) is 0 Å². The molecule has 3 atom stereocenters. The molecule has 4 rings (SSSR count). The molecule has 1 aliphatic carbocycles. The number of hydrogen-bond acceptors (Lipinski definition) is 3. The molecule has 2 aliphatic rings. The van der Waals surface area contributed by atoms with Gasteiger partial charge in [-0.1, -0.05) is 24.3 Å². The van der Waals surface area contributed by atoms with E-state index in [1.165, 1.54) is 15.3 Å². The van der Waals surface area contributed by atoms with Crippen LogP contribution in [0, 0.1) is 12.8 Å². The minimum atomic E-state index is -0.370. The zero-order chi connectivity index (χ0) is 15.3. The zero-order valence-electron chi connectivity index (χ0n) is 12.4. The number of para-hydroxylation sites is 1. The van der Waals surface area contributed by atoms with Gasteiger partial charge < -0.3 is 11.1 Å². The van der Waals surface area contributed by atoms with Crippen LogP contribution in [0.25, 0.3) is 0 Å². The zero-order valence-corrected chi connectivity index (χ0v) is 13.2. The lowest BCUT2D eigenvalue weighted by molar-refractivity contribution is 0.100. The van der Waals surface area contributed by atoms with Gasteiger partial charge >= 0.3 is 0 Å². The summed E-state index contributed by atoms with van der Waals surface area (Å²) in [4.78, 5) is 14.4. The van der Waals surface area contributed by atoms with Crippen molar-refractivity contribution in [1.82, 2.24) is 0 Å². The van der Waals surface area contributed by atoms with Crippen molar-refractivity contribution in [2.75, 3.05) is 5.32 Å². The van der Waals surface area contributed by atoms with Crippen molar-refractivity contribution in [1.29, 1.82) is 0 Å². The van der Waals surface area contributed by atoms with Gasteiger partial charge in [0.15, 0.2) is 0 Å². The number of hydrogen-bond donors (Lipinski definition) is 2. The van der Waals surface area contributed by atoms with Crippen LogP contribution in [0.15, 0.2) is 42.5 Å². The molecule has 3 unspecified atom stereocenters. The topological polar surface area (TPSA) is 55.1 Å². The number of rotatable bonds is 2. The van der Waals surface area contributed by atoms with Gasteiger partial charge in [0.1, 0.15) is 0 Å². The van der Waals surface area contributed by atoms with Crippen LogP contribution >= 0.6 is 11.3 Å². The number of nitrogens with two attached hydrogens (primary N) is 1. The fourth-order valence-electron chi connectivity index (χ4n) is 3.73. The van der Waals surface area contributed by atoms with E-state index in [9.17, 15) is 4.79 Å². The van der Waals surface area contributed by atoms with Crippen LogP contribution < -0.4 is 11.1 Å². The Kier molecular flexibility index (Phi) is 3.08. The number of allylic oxidation sites excluding steroid dienone is 2. The highest BCUT2D eigenvalue weighted by atomic mass is 32.1. The van der Waals surface area contributed by atoms with Crippen molar-refractivity contribution in [3.63, 3.8) is 0 Å². The first-order chi connectivity index (χ1) is 10.6. The van der Waals surface area contributed by atoms with Crippen LogP contribution in [0.1, 0.15) is 44.1 Å². The van der Waals surface area contributed by atoms with Gasteiger partial charge in [-0.3, -0.25) is 4.79 Å². The molecule has 0 saturated carbocycles. The van der Waals surface area contributed by atoms with Gasteiger partial charge in [0.25, 0.3) is 5.91 Å². The van der Waals surface area contributed by atoms with Gasteiger partial charge in [0, 0.05) is 15.7 Å². The molecule has 1 aromatic carbocycles. The predicted molar refractivity (Wildman–Crippen MR) is 90.4 cm³/mol. The molecule has 4 heteroatoms. The maximum absolute atomic E-state index is 11.8. The van der Waals surface area contributed by atoms with E-state index in [0.29, 0.717) is 17.4 Å². The molecule has 1 amide bonds. The second-order valence-electron chi connectivity index (χ2n) is 6.06. The maximum Gasteiger partial charge on any atom is 0.250 e. The van der Waals surface area contributed by atoms with Gasteiger partial charge in [0.05, 0.1) is 17.3 Å². The van der Waals surface area contributed by atoms with E-state index in [1.807, 2.05) is 23.5 Å². The number of fused-ring (bicyclic) bond motifs is 3. The van der Waals surface area contributed by atoms with E-state index >= 15 is 0 Å². The molecule has 1 aliphatic heterocycles. The summed E-state index contributed by atoms with van der Waals surface area (Å²) in [5, 5.41) is 3.62. The summed E-state index contributed by atoms with van der Waals surface area (Å²) in [5.41, 5.74) is 8.27. The number of carbonyl (C=O) groups is 1. The number of nitrogens with one attached hydrogen (secondary N) is 1. The van der Waals surface area contributed by atoms with Crippen molar-refractivity contribution >= 4 is 22.9 Å². The van der Waals surface area contributed by atoms with Gasteiger partial charge in [-0.05, 0) is 43.0 Å². The van der Waals surface area contributed by atoms with Gasteiger partial charge in [-0.15, -0.1) is 11.3 Å². The van der Waals surface area contributed by atoms with Crippen LogP contribution in [-0.2, 0) is 0 Å². The first-order valence-corrected chi connectivity index (χ1v) is 8.39. The molecular formula is C18H18N2OS. The minimum absolute atomic E-state index is 0.242. The Morgan fingerprint density at radius 3 is 2.91 bits per heavy atom. The van der Waals surface area contributed by atoms with Crippen LogP contribution in [0.3, 0.4) is 0 Å². The van der Waals surface area contributed by atoms with Crippen LogP contribution in [0.4, 0.5) is 5.69 Å². The van der Waals surface area contributed by atoms with Gasteiger partial charge in [-0.2, -0.15) is 0 Å². The van der Waals surface area contributed by atoms with E-state index in [1.54, 1.807) is 0 Å². The number of aryl methyl sites for hydroxylation is 1. The van der Waals surface area contributed by atoms with Gasteiger partial charge in [0.2, 0.25) is 0 Å². The summed E-state index contributed by atoms with van der Waals surface area (Å²) in [6.45, 7) is 2.13. The molecule has 22 heavy (non-hydrogen) atoms. The quantitative estimate of drug-likeness (QED) is 0.824. The SMILES string of the molecule is Cc1ccc(C2Nc3c(C(N)=O)cccc3C3C=CCC32)s1. The monoisotopic (exact) mass is 310 g/mol. The van der Waals surface area contributed by atoms with Crippen LogP contribution in [0.2, 0.25) is 0 Å². The fourth-order valence-corrected chi connectivity index (χ4v) is 4.73. The minimum Gasteiger partial charge on any atom is -0.376 e. The normalized spacial score (nSPS) is 25.4. The Hall–Kier alpha value is -2.07. The Balaban J connectivity index is 1.85. The van der Waals surface area contributed by atoms with E-state index in [-0.39, 0.29) is 11.9 Å². The number of anilines is 1. The van der Waals surface area contributed by atoms with E-state index in [4.69, 9.17) is 5.73 Å². The predicted octanol–water partition coefficient (Wildman–Crippen LogP) is 3.98. The van der Waals surface area contributed by atoms with Crippen LogP contribution in [-0.4, -0.2) is 5.91 Å². The standard InChI is InChI=1S/C18H18N2OS/c1-10-8-9-15(22-10)17-13-6-2-4-11(13)12-5-3-7-14(18(19)21)16(12)20-17/h2-5,7-9,11,13,17,20H,6H2,1H3,(H2,19,21). The molecule has 1 aromatic heterocycles. The number of thiophene rings is 1. The first-order valence-electron chi connectivity index (χ1n) is 7.57. The number of carbonyl (C=O) groups excluding carboxylic acids is 1. The highest BCUT2D eigenvalue weighted by Gasteiger charge is 2.39. The molecule has 0 saturated heterocycles. The van der Waals surface area contributed by atoms with Crippen molar-refractivity contribution < 1.29 is 4.79 Å². The molecular weight excluding hydrogens is 292 g/mol. The third-order valence-corrected chi connectivity index (χ3v) is 5.81. The highest BCUT2D eigenvalue weighted by molar-refractivity contribution is 7.12. The van der Waals surface area contributed by atoms with Crippen molar-refractivity contribution in [2.24, 2.45) is 11.7 Å². The lowest BCUT2D eigenvalue weighted by Crippen LogP contribution is -2.30. The summed E-state index contributed by atoms with van der Waals surface area (Å²) in [7, 11) is 0. The number of primary amides is 1. The molecule has 112 valence electrons. The molecule has 3 nitrogen and oxygen atoms in total. The Bertz CT molecular complexity index is 777. The molecule has 0 fully saturated rings. The fraction of sp³-hybridized carbons (Fsp3) is 0.278. The first kappa shape index (κ1) is 13.6. The summed E-state index contributed by atoms with van der Waals surface area (Å²) in [5.74, 6) is 0.502. The molecule has 0 bridgehead atoms. The van der Waals surface area contributed by atoms with E-state index in [2.05, 4.69) is 42.6 Å².